The van der Waals surface area contributed by atoms with E-state index < -0.39 is 10.0 Å². The molecule has 0 amide bonds. The maximum absolute atomic E-state index is 13.4. The highest BCUT2D eigenvalue weighted by molar-refractivity contribution is 7.89. The van der Waals surface area contributed by atoms with Gasteiger partial charge >= 0.3 is 0 Å². The average molecular weight is 401 g/mol. The van der Waals surface area contributed by atoms with Gasteiger partial charge in [-0.25, -0.2) is 8.42 Å². The minimum Gasteiger partial charge on any atom is -0.385 e. The van der Waals surface area contributed by atoms with E-state index in [4.69, 9.17) is 11.2 Å². The van der Waals surface area contributed by atoms with E-state index in [0.29, 0.717) is 43.5 Å². The number of rotatable bonds is 9. The molecule has 6 heteroatoms. The predicted molar refractivity (Wildman–Crippen MR) is 113 cm³/mol. The predicted octanol–water partition coefficient (Wildman–Crippen LogP) is 2.82. The van der Waals surface area contributed by atoms with Crippen molar-refractivity contribution in [3.05, 3.63) is 42.5 Å². The minimum atomic E-state index is -3.57. The molecule has 0 spiro atoms. The third-order valence-corrected chi connectivity index (χ3v) is 7.12. The van der Waals surface area contributed by atoms with Gasteiger partial charge in [0.25, 0.3) is 0 Å². The van der Waals surface area contributed by atoms with Gasteiger partial charge < -0.3 is 4.74 Å². The summed E-state index contributed by atoms with van der Waals surface area (Å²) in [6.45, 7) is 3.90. The van der Waals surface area contributed by atoms with E-state index in [9.17, 15) is 8.42 Å². The molecule has 1 saturated heterocycles. The van der Waals surface area contributed by atoms with Gasteiger partial charge in [0.2, 0.25) is 10.0 Å². The average Bonchev–Trinajstić information content (AvgIpc) is 3.14. The summed E-state index contributed by atoms with van der Waals surface area (Å²) in [5.74, 6) is 2.97. The molecule has 0 radical (unpaired) electrons. The largest absolute Gasteiger partial charge is 0.385 e. The summed E-state index contributed by atoms with van der Waals surface area (Å²) in [6.07, 6.45) is 7.05. The SMILES string of the molecule is C#CCN1CC[C@H](CN(CCCOC)S(=O)(=O)c2ccc3ccccc3c2)C1. The normalized spacial score (nSPS) is 18.0. The molecule has 0 bridgehead atoms. The molecule has 0 saturated carbocycles. The number of benzene rings is 2. The van der Waals surface area contributed by atoms with Crippen LogP contribution in [0, 0.1) is 18.3 Å². The van der Waals surface area contributed by atoms with Gasteiger partial charge in [0.15, 0.2) is 0 Å². The zero-order chi connectivity index (χ0) is 20.0. The highest BCUT2D eigenvalue weighted by Gasteiger charge is 2.30. The van der Waals surface area contributed by atoms with Crippen molar-refractivity contribution in [3.8, 4) is 12.3 Å². The lowest BCUT2D eigenvalue weighted by Gasteiger charge is -2.25. The summed E-state index contributed by atoms with van der Waals surface area (Å²) < 4.78 is 33.6. The summed E-state index contributed by atoms with van der Waals surface area (Å²) in [4.78, 5) is 2.56. The van der Waals surface area contributed by atoms with Crippen LogP contribution < -0.4 is 0 Å². The molecule has 3 rings (SSSR count). The summed E-state index contributed by atoms with van der Waals surface area (Å²) in [5.41, 5.74) is 0. The van der Waals surface area contributed by atoms with Crippen molar-refractivity contribution in [1.82, 2.24) is 9.21 Å². The fourth-order valence-electron chi connectivity index (χ4n) is 3.79. The number of fused-ring (bicyclic) bond motifs is 1. The Kier molecular flexibility index (Phi) is 7.08. The molecule has 1 aliphatic rings. The van der Waals surface area contributed by atoms with Crippen LogP contribution >= 0.6 is 0 Å². The Bertz CT molecular complexity index is 936. The fraction of sp³-hybridized carbons (Fsp3) is 0.455. The maximum atomic E-state index is 13.4. The number of methoxy groups -OCH3 is 1. The fourth-order valence-corrected chi connectivity index (χ4v) is 5.38. The van der Waals surface area contributed by atoms with Gasteiger partial charge in [-0.3, -0.25) is 4.90 Å². The quantitative estimate of drug-likeness (QED) is 0.480. The topological polar surface area (TPSA) is 49.9 Å². The molecule has 0 unspecified atom stereocenters. The smallest absolute Gasteiger partial charge is 0.243 e. The van der Waals surface area contributed by atoms with E-state index in [1.807, 2.05) is 30.3 Å². The van der Waals surface area contributed by atoms with Crippen molar-refractivity contribution < 1.29 is 13.2 Å². The van der Waals surface area contributed by atoms with E-state index in [2.05, 4.69) is 10.8 Å². The van der Waals surface area contributed by atoms with Crippen LogP contribution in [-0.4, -0.2) is 64.1 Å². The van der Waals surface area contributed by atoms with Gasteiger partial charge in [-0.1, -0.05) is 36.3 Å². The van der Waals surface area contributed by atoms with Crippen LogP contribution in [0.25, 0.3) is 10.8 Å². The van der Waals surface area contributed by atoms with E-state index in [1.54, 1.807) is 23.5 Å². The van der Waals surface area contributed by atoms with Gasteiger partial charge in [0.1, 0.15) is 0 Å². The Morgan fingerprint density at radius 1 is 1.25 bits per heavy atom. The molecule has 150 valence electrons. The Hall–Kier alpha value is -1.91. The van der Waals surface area contributed by atoms with E-state index >= 15 is 0 Å². The third kappa shape index (κ3) is 4.92. The molecule has 28 heavy (non-hydrogen) atoms. The van der Waals surface area contributed by atoms with Gasteiger partial charge in [-0.15, -0.1) is 6.42 Å². The van der Waals surface area contributed by atoms with Gasteiger partial charge in [0.05, 0.1) is 11.4 Å². The summed E-state index contributed by atoms with van der Waals surface area (Å²) in [6, 6.07) is 13.2. The van der Waals surface area contributed by atoms with E-state index in [-0.39, 0.29) is 0 Å². The number of nitrogens with zero attached hydrogens (tertiary/aromatic N) is 2. The lowest BCUT2D eigenvalue weighted by molar-refractivity contribution is 0.185. The third-order valence-electron chi connectivity index (χ3n) is 5.26. The van der Waals surface area contributed by atoms with Crippen molar-refractivity contribution in [2.45, 2.75) is 17.7 Å². The van der Waals surface area contributed by atoms with Crippen molar-refractivity contribution in [2.24, 2.45) is 5.92 Å². The number of hydrogen-bond donors (Lipinski definition) is 0. The Labute approximate surface area is 168 Å². The molecular formula is C22H28N2O3S. The summed E-state index contributed by atoms with van der Waals surface area (Å²) in [7, 11) is -1.94. The molecule has 2 aromatic carbocycles. The molecular weight excluding hydrogens is 372 g/mol. The molecule has 2 aromatic rings. The monoisotopic (exact) mass is 400 g/mol. The molecule has 0 aromatic heterocycles. The van der Waals surface area contributed by atoms with Crippen molar-refractivity contribution in [3.63, 3.8) is 0 Å². The summed E-state index contributed by atoms with van der Waals surface area (Å²) >= 11 is 0. The maximum Gasteiger partial charge on any atom is 0.243 e. The van der Waals surface area contributed by atoms with Crippen LogP contribution in [-0.2, 0) is 14.8 Å². The van der Waals surface area contributed by atoms with Gasteiger partial charge in [-0.05, 0) is 48.2 Å². The first-order valence-electron chi connectivity index (χ1n) is 9.68. The van der Waals surface area contributed by atoms with Crippen molar-refractivity contribution in [1.29, 1.82) is 0 Å². The Balaban J connectivity index is 1.81. The number of ether oxygens (including phenoxy) is 1. The first kappa shape index (κ1) is 20.8. The van der Waals surface area contributed by atoms with Crippen LogP contribution in [0.4, 0.5) is 0 Å². The second kappa shape index (κ2) is 9.53. The molecule has 0 aliphatic carbocycles. The highest BCUT2D eigenvalue weighted by Crippen LogP contribution is 2.25. The lowest BCUT2D eigenvalue weighted by atomic mass is 10.1. The zero-order valence-electron chi connectivity index (χ0n) is 16.4. The van der Waals surface area contributed by atoms with Crippen LogP contribution in [0.15, 0.2) is 47.4 Å². The molecule has 1 atom stereocenters. The standard InChI is InChI=1S/C22H28N2O3S/c1-3-12-23-14-11-19(17-23)18-24(13-6-15-27-2)28(25,26)22-10-9-20-7-4-5-8-21(20)16-22/h1,4-5,7-10,16,19H,6,11-15,17-18H2,2H3/t19-/m0/s1. The van der Waals surface area contributed by atoms with E-state index in [0.717, 1.165) is 30.3 Å². The number of terminal acetylenes is 1. The van der Waals surface area contributed by atoms with E-state index in [1.165, 1.54) is 0 Å². The second-order valence-electron chi connectivity index (χ2n) is 7.31. The van der Waals surface area contributed by atoms with Crippen LogP contribution in [0.1, 0.15) is 12.8 Å². The zero-order valence-corrected chi connectivity index (χ0v) is 17.2. The lowest BCUT2D eigenvalue weighted by Crippen LogP contribution is -2.37. The van der Waals surface area contributed by atoms with Crippen LogP contribution in [0.5, 0.6) is 0 Å². The molecule has 0 N–H and O–H groups in total. The number of likely N-dealkylation sites (tertiary alicyclic amines) is 1. The second-order valence-corrected chi connectivity index (χ2v) is 9.25. The molecule has 1 aliphatic heterocycles. The number of sulfonamides is 1. The first-order valence-corrected chi connectivity index (χ1v) is 11.1. The Morgan fingerprint density at radius 2 is 2.04 bits per heavy atom. The molecule has 5 nitrogen and oxygen atoms in total. The minimum absolute atomic E-state index is 0.297. The van der Waals surface area contributed by atoms with Crippen molar-refractivity contribution >= 4 is 20.8 Å². The molecule has 1 heterocycles. The highest BCUT2D eigenvalue weighted by atomic mass is 32.2. The Morgan fingerprint density at radius 3 is 2.79 bits per heavy atom. The first-order chi connectivity index (χ1) is 13.5. The molecule has 1 fully saturated rings. The van der Waals surface area contributed by atoms with Gasteiger partial charge in [-0.2, -0.15) is 4.31 Å². The van der Waals surface area contributed by atoms with Crippen LogP contribution in [0.2, 0.25) is 0 Å². The van der Waals surface area contributed by atoms with Crippen molar-refractivity contribution in [2.75, 3.05) is 46.4 Å². The summed E-state index contributed by atoms with van der Waals surface area (Å²) in [5, 5.41) is 1.97. The number of hydrogen-bond acceptors (Lipinski definition) is 4. The van der Waals surface area contributed by atoms with Crippen LogP contribution in [0.3, 0.4) is 0 Å². The van der Waals surface area contributed by atoms with Gasteiger partial charge in [0, 0.05) is 33.4 Å².